The van der Waals surface area contributed by atoms with Crippen LogP contribution in [0, 0.1) is 0 Å². The van der Waals surface area contributed by atoms with Crippen LogP contribution in [-0.4, -0.2) is 61.2 Å². The van der Waals surface area contributed by atoms with Gasteiger partial charge < -0.3 is 10.2 Å². The molecule has 2 heterocycles. The van der Waals surface area contributed by atoms with Crippen LogP contribution in [0.15, 0.2) is 0 Å². The average Bonchev–Trinajstić information content (AvgIpc) is 2.81. The van der Waals surface area contributed by atoms with E-state index in [-0.39, 0.29) is 0 Å². The molecule has 3 rings (SSSR count). The summed E-state index contributed by atoms with van der Waals surface area (Å²) in [5, 5.41) is 3.65. The van der Waals surface area contributed by atoms with Crippen molar-refractivity contribution in [3.63, 3.8) is 0 Å². The van der Waals surface area contributed by atoms with E-state index in [0.29, 0.717) is 0 Å². The fraction of sp³-hybridized carbons (Fsp3) is 1.00. The minimum absolute atomic E-state index is 0.784. The van der Waals surface area contributed by atoms with Crippen molar-refractivity contribution in [1.82, 2.24) is 15.1 Å². The summed E-state index contributed by atoms with van der Waals surface area (Å²) in [5.74, 6) is 0. The lowest BCUT2D eigenvalue weighted by atomic mass is 10.1. The van der Waals surface area contributed by atoms with Gasteiger partial charge in [-0.15, -0.1) is 0 Å². The first-order valence-corrected chi connectivity index (χ1v) is 7.00. The highest BCUT2D eigenvalue weighted by molar-refractivity contribution is 4.94. The third-order valence-corrected chi connectivity index (χ3v) is 4.44. The van der Waals surface area contributed by atoms with Gasteiger partial charge in [-0.3, -0.25) is 4.90 Å². The van der Waals surface area contributed by atoms with Gasteiger partial charge in [-0.05, 0) is 52.2 Å². The SMILES string of the molecule is CN1CCC(N(CC2CCCN2)C2CC2)C1. The smallest absolute Gasteiger partial charge is 0.0238 e. The summed E-state index contributed by atoms with van der Waals surface area (Å²) in [5.41, 5.74) is 0. The van der Waals surface area contributed by atoms with E-state index in [0.717, 1.165) is 18.1 Å². The molecule has 0 amide bonds. The molecule has 0 spiro atoms. The Hall–Kier alpha value is -0.120. The molecule has 1 aliphatic carbocycles. The summed E-state index contributed by atoms with van der Waals surface area (Å²) in [4.78, 5) is 5.31. The lowest BCUT2D eigenvalue weighted by Crippen LogP contribution is -2.45. The minimum Gasteiger partial charge on any atom is -0.313 e. The summed E-state index contributed by atoms with van der Waals surface area (Å²) in [6.45, 7) is 5.14. The third-order valence-electron chi connectivity index (χ3n) is 4.44. The number of nitrogens with zero attached hydrogens (tertiary/aromatic N) is 2. The summed E-state index contributed by atoms with van der Waals surface area (Å²) in [6.07, 6.45) is 7.07. The minimum atomic E-state index is 0.784. The molecule has 2 unspecified atom stereocenters. The first kappa shape index (κ1) is 11.0. The largest absolute Gasteiger partial charge is 0.313 e. The number of hydrogen-bond donors (Lipinski definition) is 1. The Balaban J connectivity index is 1.57. The Bertz CT molecular complexity index is 233. The zero-order valence-corrected chi connectivity index (χ0v) is 10.5. The zero-order chi connectivity index (χ0) is 11.0. The molecule has 92 valence electrons. The quantitative estimate of drug-likeness (QED) is 0.764. The Morgan fingerprint density at radius 1 is 1.19 bits per heavy atom. The molecule has 2 aliphatic heterocycles. The van der Waals surface area contributed by atoms with Gasteiger partial charge in [-0.25, -0.2) is 0 Å². The van der Waals surface area contributed by atoms with Gasteiger partial charge in [0.25, 0.3) is 0 Å². The monoisotopic (exact) mass is 223 g/mol. The van der Waals surface area contributed by atoms with Crippen LogP contribution in [0.25, 0.3) is 0 Å². The van der Waals surface area contributed by atoms with E-state index >= 15 is 0 Å². The average molecular weight is 223 g/mol. The topological polar surface area (TPSA) is 18.5 Å². The molecule has 0 aromatic rings. The van der Waals surface area contributed by atoms with Gasteiger partial charge in [0.05, 0.1) is 0 Å². The van der Waals surface area contributed by atoms with Crippen LogP contribution in [-0.2, 0) is 0 Å². The van der Waals surface area contributed by atoms with Crippen LogP contribution in [0.5, 0.6) is 0 Å². The molecule has 3 aliphatic rings. The molecular weight excluding hydrogens is 198 g/mol. The van der Waals surface area contributed by atoms with Crippen LogP contribution >= 0.6 is 0 Å². The maximum Gasteiger partial charge on any atom is 0.0238 e. The molecule has 3 heteroatoms. The first-order chi connectivity index (χ1) is 7.83. The molecule has 0 aromatic heterocycles. The predicted molar refractivity (Wildman–Crippen MR) is 66.7 cm³/mol. The molecule has 0 radical (unpaired) electrons. The van der Waals surface area contributed by atoms with Crippen molar-refractivity contribution in [3.8, 4) is 0 Å². The van der Waals surface area contributed by atoms with Gasteiger partial charge >= 0.3 is 0 Å². The van der Waals surface area contributed by atoms with Gasteiger partial charge in [0.1, 0.15) is 0 Å². The van der Waals surface area contributed by atoms with Crippen molar-refractivity contribution in [1.29, 1.82) is 0 Å². The van der Waals surface area contributed by atoms with Crippen LogP contribution < -0.4 is 5.32 Å². The van der Waals surface area contributed by atoms with Crippen molar-refractivity contribution in [2.24, 2.45) is 0 Å². The van der Waals surface area contributed by atoms with Crippen LogP contribution in [0.1, 0.15) is 32.1 Å². The Morgan fingerprint density at radius 3 is 2.62 bits per heavy atom. The van der Waals surface area contributed by atoms with Gasteiger partial charge in [0.15, 0.2) is 0 Å². The Morgan fingerprint density at radius 2 is 2.06 bits per heavy atom. The van der Waals surface area contributed by atoms with Crippen molar-refractivity contribution in [2.45, 2.75) is 50.2 Å². The standard InChI is InChI=1S/C13H25N3/c1-15-8-6-13(10-15)16(12-4-5-12)9-11-3-2-7-14-11/h11-14H,2-10H2,1H3. The molecule has 3 nitrogen and oxygen atoms in total. The molecule has 16 heavy (non-hydrogen) atoms. The van der Waals surface area contributed by atoms with Crippen LogP contribution in [0.3, 0.4) is 0 Å². The summed E-state index contributed by atoms with van der Waals surface area (Å²) in [6, 6.07) is 2.56. The normalized spacial score (nSPS) is 36.4. The molecule has 0 aromatic carbocycles. The van der Waals surface area contributed by atoms with E-state index in [4.69, 9.17) is 0 Å². The molecule has 1 N–H and O–H groups in total. The molecule has 1 saturated carbocycles. The lowest BCUT2D eigenvalue weighted by Gasteiger charge is -2.31. The summed E-state index contributed by atoms with van der Waals surface area (Å²) in [7, 11) is 2.26. The maximum atomic E-state index is 3.65. The predicted octanol–water partition coefficient (Wildman–Crippen LogP) is 0.907. The van der Waals surface area contributed by atoms with E-state index in [1.54, 1.807) is 0 Å². The summed E-state index contributed by atoms with van der Waals surface area (Å²) < 4.78 is 0. The van der Waals surface area contributed by atoms with E-state index in [2.05, 4.69) is 22.2 Å². The highest BCUT2D eigenvalue weighted by atomic mass is 15.3. The second kappa shape index (κ2) is 4.63. The van der Waals surface area contributed by atoms with Crippen molar-refractivity contribution < 1.29 is 0 Å². The third kappa shape index (κ3) is 2.41. The van der Waals surface area contributed by atoms with Gasteiger partial charge in [-0.2, -0.15) is 0 Å². The summed E-state index contributed by atoms with van der Waals surface area (Å²) >= 11 is 0. The van der Waals surface area contributed by atoms with Gasteiger partial charge in [0.2, 0.25) is 0 Å². The maximum absolute atomic E-state index is 3.65. The molecular formula is C13H25N3. The van der Waals surface area contributed by atoms with Gasteiger partial charge in [0, 0.05) is 31.2 Å². The van der Waals surface area contributed by atoms with E-state index < -0.39 is 0 Å². The lowest BCUT2D eigenvalue weighted by molar-refractivity contribution is 0.172. The van der Waals surface area contributed by atoms with Gasteiger partial charge in [-0.1, -0.05) is 0 Å². The number of hydrogen-bond acceptors (Lipinski definition) is 3. The fourth-order valence-corrected chi connectivity index (χ4v) is 3.35. The Labute approximate surface area is 99.2 Å². The van der Waals surface area contributed by atoms with Crippen LogP contribution in [0.2, 0.25) is 0 Å². The highest BCUT2D eigenvalue weighted by Gasteiger charge is 2.37. The molecule has 3 fully saturated rings. The zero-order valence-electron chi connectivity index (χ0n) is 10.5. The number of nitrogens with one attached hydrogen (secondary N) is 1. The molecule has 2 saturated heterocycles. The first-order valence-electron chi connectivity index (χ1n) is 7.00. The van der Waals surface area contributed by atoms with Crippen molar-refractivity contribution in [3.05, 3.63) is 0 Å². The molecule has 2 atom stereocenters. The highest BCUT2D eigenvalue weighted by Crippen LogP contribution is 2.31. The number of likely N-dealkylation sites (tertiary alicyclic amines) is 1. The van der Waals surface area contributed by atoms with E-state index in [1.165, 1.54) is 58.3 Å². The van der Waals surface area contributed by atoms with Crippen molar-refractivity contribution >= 4 is 0 Å². The van der Waals surface area contributed by atoms with E-state index in [9.17, 15) is 0 Å². The Kier molecular flexibility index (Phi) is 3.18. The number of likely N-dealkylation sites (N-methyl/N-ethyl adjacent to an activating group) is 1. The second-order valence-corrected chi connectivity index (χ2v) is 5.93. The molecule has 0 bridgehead atoms. The van der Waals surface area contributed by atoms with Crippen LogP contribution in [0.4, 0.5) is 0 Å². The number of rotatable bonds is 4. The van der Waals surface area contributed by atoms with Crippen molar-refractivity contribution in [2.75, 3.05) is 33.2 Å². The fourth-order valence-electron chi connectivity index (χ4n) is 3.35. The second-order valence-electron chi connectivity index (χ2n) is 5.93. The van der Waals surface area contributed by atoms with E-state index in [1.807, 2.05) is 0 Å².